The van der Waals surface area contributed by atoms with E-state index in [1.807, 2.05) is 11.9 Å². The summed E-state index contributed by atoms with van der Waals surface area (Å²) in [4.78, 5) is 14.4. The van der Waals surface area contributed by atoms with Gasteiger partial charge < -0.3 is 15.0 Å². The Morgan fingerprint density at radius 2 is 2.00 bits per heavy atom. The maximum Gasteiger partial charge on any atom is 0.222 e. The van der Waals surface area contributed by atoms with Crippen LogP contribution in [0.3, 0.4) is 0 Å². The molecule has 0 radical (unpaired) electrons. The third kappa shape index (κ3) is 5.89. The van der Waals surface area contributed by atoms with Crippen LogP contribution >= 0.6 is 12.4 Å². The molecule has 5 heteroatoms. The maximum atomic E-state index is 12.6. The summed E-state index contributed by atoms with van der Waals surface area (Å²) in [7, 11) is 3.61. The highest BCUT2D eigenvalue weighted by Gasteiger charge is 2.23. The average Bonchev–Trinajstić information content (AvgIpc) is 2.55. The van der Waals surface area contributed by atoms with Gasteiger partial charge in [-0.1, -0.05) is 19.1 Å². The Balaban J connectivity index is 0.00000312. The number of rotatable bonds is 6. The van der Waals surface area contributed by atoms with Crippen molar-refractivity contribution in [1.82, 2.24) is 10.2 Å². The fraction of sp³-hybridized carbons (Fsp3) is 0.650. The first-order valence-corrected chi connectivity index (χ1v) is 9.01. The van der Waals surface area contributed by atoms with Crippen molar-refractivity contribution in [3.8, 4) is 5.75 Å². The molecule has 2 atom stereocenters. The first-order chi connectivity index (χ1) is 11.4. The first-order valence-electron chi connectivity index (χ1n) is 9.01. The number of ether oxygens (including phenoxy) is 1. The van der Waals surface area contributed by atoms with E-state index in [2.05, 4.69) is 38.2 Å². The number of carbonyl (C=O) groups is 1. The number of benzene rings is 1. The summed E-state index contributed by atoms with van der Waals surface area (Å²) in [5.74, 6) is 2.24. The number of hydrogen-bond acceptors (Lipinski definition) is 3. The summed E-state index contributed by atoms with van der Waals surface area (Å²) >= 11 is 0. The Labute approximate surface area is 158 Å². The fourth-order valence-corrected chi connectivity index (χ4v) is 3.78. The van der Waals surface area contributed by atoms with Crippen molar-refractivity contribution in [2.45, 2.75) is 46.6 Å². The van der Waals surface area contributed by atoms with Gasteiger partial charge in [0.1, 0.15) is 5.75 Å². The van der Waals surface area contributed by atoms with Crippen molar-refractivity contribution in [2.75, 3.05) is 27.2 Å². The molecule has 1 heterocycles. The van der Waals surface area contributed by atoms with Crippen molar-refractivity contribution in [3.05, 3.63) is 28.8 Å². The molecular weight excluding hydrogens is 336 g/mol. The Bertz CT molecular complexity index is 548. The van der Waals surface area contributed by atoms with E-state index in [0.717, 1.165) is 35.5 Å². The number of carbonyl (C=O) groups excluding carboxylic acids is 1. The zero-order valence-corrected chi connectivity index (χ0v) is 17.0. The monoisotopic (exact) mass is 368 g/mol. The highest BCUT2D eigenvalue weighted by atomic mass is 35.5. The molecule has 25 heavy (non-hydrogen) atoms. The molecule has 4 nitrogen and oxygen atoms in total. The summed E-state index contributed by atoms with van der Waals surface area (Å²) in [5, 5.41) is 3.44. The van der Waals surface area contributed by atoms with Gasteiger partial charge in [-0.05, 0) is 68.3 Å². The van der Waals surface area contributed by atoms with Gasteiger partial charge in [-0.3, -0.25) is 4.79 Å². The number of nitrogens with zero attached hydrogens (tertiary/aromatic N) is 1. The molecule has 1 N–H and O–H groups in total. The van der Waals surface area contributed by atoms with Crippen LogP contribution in [0.2, 0.25) is 0 Å². The van der Waals surface area contributed by atoms with Crippen LogP contribution in [0, 0.1) is 25.7 Å². The van der Waals surface area contributed by atoms with Crippen LogP contribution in [0.5, 0.6) is 5.75 Å². The normalized spacial score (nSPS) is 18.2. The second kappa shape index (κ2) is 10.0. The number of nitrogens with one attached hydrogen (secondary N) is 1. The van der Waals surface area contributed by atoms with E-state index in [0.29, 0.717) is 24.8 Å². The third-order valence-electron chi connectivity index (χ3n) is 5.21. The zero-order chi connectivity index (χ0) is 17.7. The van der Waals surface area contributed by atoms with Crippen molar-refractivity contribution >= 4 is 18.3 Å². The van der Waals surface area contributed by atoms with Crippen molar-refractivity contribution in [2.24, 2.45) is 11.8 Å². The molecule has 142 valence electrons. The van der Waals surface area contributed by atoms with Crippen LogP contribution < -0.4 is 10.1 Å². The largest absolute Gasteiger partial charge is 0.496 e. The molecule has 1 saturated heterocycles. The van der Waals surface area contributed by atoms with Crippen molar-refractivity contribution in [1.29, 1.82) is 0 Å². The number of piperidine rings is 1. The van der Waals surface area contributed by atoms with Crippen LogP contribution in [-0.2, 0) is 11.3 Å². The van der Waals surface area contributed by atoms with Gasteiger partial charge in [0.2, 0.25) is 5.91 Å². The van der Waals surface area contributed by atoms with E-state index in [1.54, 1.807) is 7.11 Å². The van der Waals surface area contributed by atoms with Gasteiger partial charge in [0.05, 0.1) is 7.11 Å². The molecule has 0 bridgehead atoms. The second-order valence-corrected chi connectivity index (χ2v) is 7.30. The topological polar surface area (TPSA) is 41.6 Å². The minimum absolute atomic E-state index is 0. The van der Waals surface area contributed by atoms with E-state index >= 15 is 0 Å². The number of methoxy groups -OCH3 is 1. The molecule has 1 aliphatic rings. The van der Waals surface area contributed by atoms with Crippen LogP contribution in [0.1, 0.15) is 42.9 Å². The average molecular weight is 369 g/mol. The maximum absolute atomic E-state index is 12.6. The fourth-order valence-electron chi connectivity index (χ4n) is 3.78. The molecular formula is C20H33ClN2O2. The second-order valence-electron chi connectivity index (χ2n) is 7.30. The molecule has 1 aromatic rings. The summed E-state index contributed by atoms with van der Waals surface area (Å²) in [6.07, 6.45) is 3.10. The van der Waals surface area contributed by atoms with Crippen molar-refractivity contribution < 1.29 is 9.53 Å². The number of aryl methyl sites for hydroxylation is 2. The Morgan fingerprint density at radius 3 is 2.52 bits per heavy atom. The van der Waals surface area contributed by atoms with Crippen LogP contribution in [0.4, 0.5) is 0 Å². The molecule has 0 saturated carbocycles. The third-order valence-corrected chi connectivity index (χ3v) is 5.21. The van der Waals surface area contributed by atoms with Gasteiger partial charge in [-0.25, -0.2) is 0 Å². The molecule has 0 aromatic heterocycles. The molecule has 0 aliphatic carbocycles. The summed E-state index contributed by atoms with van der Waals surface area (Å²) in [6, 6.07) is 4.23. The smallest absolute Gasteiger partial charge is 0.222 e. The van der Waals surface area contributed by atoms with Gasteiger partial charge in [0.15, 0.2) is 0 Å². The number of amides is 1. The summed E-state index contributed by atoms with van der Waals surface area (Å²) < 4.78 is 5.42. The highest BCUT2D eigenvalue weighted by Crippen LogP contribution is 2.26. The van der Waals surface area contributed by atoms with E-state index in [-0.39, 0.29) is 18.3 Å². The van der Waals surface area contributed by atoms with E-state index in [4.69, 9.17) is 4.74 Å². The molecule has 2 rings (SSSR count). The predicted octanol–water partition coefficient (Wildman–Crippen LogP) is 3.72. The van der Waals surface area contributed by atoms with Gasteiger partial charge in [0, 0.05) is 20.0 Å². The number of hydrogen-bond donors (Lipinski definition) is 1. The highest BCUT2D eigenvalue weighted by molar-refractivity contribution is 5.85. The zero-order valence-electron chi connectivity index (χ0n) is 16.2. The van der Waals surface area contributed by atoms with Crippen LogP contribution in [-0.4, -0.2) is 38.1 Å². The van der Waals surface area contributed by atoms with Gasteiger partial charge >= 0.3 is 0 Å². The lowest BCUT2D eigenvalue weighted by atomic mass is 9.85. The van der Waals surface area contributed by atoms with Gasteiger partial charge in [0.25, 0.3) is 0 Å². The van der Waals surface area contributed by atoms with Crippen LogP contribution in [0.25, 0.3) is 0 Å². The van der Waals surface area contributed by atoms with Crippen LogP contribution in [0.15, 0.2) is 12.1 Å². The lowest BCUT2D eigenvalue weighted by molar-refractivity contribution is -0.131. The minimum atomic E-state index is 0. The predicted molar refractivity (Wildman–Crippen MR) is 106 cm³/mol. The van der Waals surface area contributed by atoms with E-state index in [1.165, 1.54) is 12.8 Å². The summed E-state index contributed by atoms with van der Waals surface area (Å²) in [5.41, 5.74) is 3.40. The van der Waals surface area contributed by atoms with E-state index in [9.17, 15) is 4.79 Å². The summed E-state index contributed by atoms with van der Waals surface area (Å²) in [6.45, 7) is 9.14. The molecule has 0 spiro atoms. The first kappa shape index (κ1) is 21.8. The Morgan fingerprint density at radius 1 is 1.36 bits per heavy atom. The van der Waals surface area contributed by atoms with Gasteiger partial charge in [-0.2, -0.15) is 0 Å². The molecule has 1 aromatic carbocycles. The van der Waals surface area contributed by atoms with Gasteiger partial charge in [-0.15, -0.1) is 12.4 Å². The van der Waals surface area contributed by atoms with Crippen molar-refractivity contribution in [3.63, 3.8) is 0 Å². The Kier molecular flexibility index (Phi) is 8.74. The Hall–Kier alpha value is -1.26. The quantitative estimate of drug-likeness (QED) is 0.832. The lowest BCUT2D eigenvalue weighted by Gasteiger charge is -2.29. The number of halogens is 1. The molecule has 1 aliphatic heterocycles. The molecule has 1 fully saturated rings. The molecule has 1 amide bonds. The standard InChI is InChI=1S/C20H32N2O2.ClH/c1-14(18-7-6-8-21-12-18)11-19(23)22(4)13-17-9-15(2)20(24-5)16(3)10-17;/h9-10,14,18,21H,6-8,11-13H2,1-5H3;1H. The minimum Gasteiger partial charge on any atom is -0.496 e. The van der Waals surface area contributed by atoms with E-state index < -0.39 is 0 Å². The lowest BCUT2D eigenvalue weighted by Crippen LogP contribution is -2.36. The SMILES string of the molecule is COc1c(C)cc(CN(C)C(=O)CC(C)C2CCCNC2)cc1C.Cl. The molecule has 2 unspecified atom stereocenters.